The summed E-state index contributed by atoms with van der Waals surface area (Å²) in [5.74, 6) is -0.496. The minimum atomic E-state index is -0.359. The second-order valence-corrected chi connectivity index (χ2v) is 4.03. The smallest absolute Gasteiger partial charge is 0.162 e. The third-order valence-corrected chi connectivity index (χ3v) is 2.33. The maximum absolute atomic E-state index is 13.2. The molecule has 1 aromatic rings. The Balaban J connectivity index is 2.91. The summed E-state index contributed by atoms with van der Waals surface area (Å²) in [4.78, 5) is 11.3. The average Bonchev–Trinajstić information content (AvgIpc) is 2.11. The highest BCUT2D eigenvalue weighted by molar-refractivity contribution is 9.10. The van der Waals surface area contributed by atoms with E-state index in [1.165, 1.54) is 6.07 Å². The molecular formula is C11H10BrFO. The second-order valence-electron chi connectivity index (χ2n) is 3.12. The van der Waals surface area contributed by atoms with Crippen molar-refractivity contribution in [1.29, 1.82) is 0 Å². The van der Waals surface area contributed by atoms with Crippen molar-refractivity contribution in [3.8, 4) is 0 Å². The zero-order valence-electron chi connectivity index (χ0n) is 7.81. The van der Waals surface area contributed by atoms with Crippen molar-refractivity contribution in [1.82, 2.24) is 0 Å². The molecule has 0 amide bonds. The van der Waals surface area contributed by atoms with Crippen LogP contribution in [0, 0.1) is 5.82 Å². The molecule has 1 rings (SSSR count). The van der Waals surface area contributed by atoms with Gasteiger partial charge in [0, 0.05) is 10.9 Å². The van der Waals surface area contributed by atoms with Crippen LogP contribution in [0.1, 0.15) is 12.5 Å². The van der Waals surface area contributed by atoms with E-state index in [2.05, 4.69) is 22.5 Å². The van der Waals surface area contributed by atoms with Crippen molar-refractivity contribution in [2.75, 3.05) is 0 Å². The maximum atomic E-state index is 13.2. The number of carbonyl (C=O) groups is 1. The van der Waals surface area contributed by atoms with Gasteiger partial charge in [-0.25, -0.2) is 4.39 Å². The van der Waals surface area contributed by atoms with Crippen molar-refractivity contribution >= 4 is 21.7 Å². The van der Waals surface area contributed by atoms with Gasteiger partial charge in [-0.1, -0.05) is 22.5 Å². The van der Waals surface area contributed by atoms with Crippen LogP contribution in [0.15, 0.2) is 34.8 Å². The first-order valence-electron chi connectivity index (χ1n) is 4.13. The summed E-state index contributed by atoms with van der Waals surface area (Å²) in [7, 11) is 0. The number of halogens is 2. The number of Topliss-reactive ketones (excluding diaryl/α,β-unsaturated/α-hetero) is 1. The fraction of sp³-hybridized carbons (Fsp3) is 0.182. The van der Waals surface area contributed by atoms with Crippen LogP contribution in [0.25, 0.3) is 0 Å². The lowest BCUT2D eigenvalue weighted by Gasteiger charge is -2.02. The zero-order valence-corrected chi connectivity index (χ0v) is 9.40. The Bertz CT molecular complexity index is 385. The van der Waals surface area contributed by atoms with Crippen LogP contribution < -0.4 is 0 Å². The molecule has 0 aliphatic carbocycles. The van der Waals surface area contributed by atoms with Crippen molar-refractivity contribution < 1.29 is 9.18 Å². The molecule has 14 heavy (non-hydrogen) atoms. The summed E-state index contributed by atoms with van der Waals surface area (Å²) in [6.45, 7) is 5.14. The lowest BCUT2D eigenvalue weighted by molar-refractivity contribution is -0.114. The van der Waals surface area contributed by atoms with Crippen LogP contribution in [0.2, 0.25) is 0 Å². The monoisotopic (exact) mass is 256 g/mol. The summed E-state index contributed by atoms with van der Waals surface area (Å²) in [5, 5.41) is 0. The van der Waals surface area contributed by atoms with Crippen LogP contribution in [0.4, 0.5) is 4.39 Å². The molecule has 3 heteroatoms. The number of benzene rings is 1. The van der Waals surface area contributed by atoms with E-state index in [4.69, 9.17) is 0 Å². The van der Waals surface area contributed by atoms with Gasteiger partial charge in [0.05, 0.1) is 0 Å². The molecule has 0 bridgehead atoms. The Morgan fingerprint density at radius 2 is 2.21 bits per heavy atom. The van der Waals surface area contributed by atoms with Crippen LogP contribution in [0.3, 0.4) is 0 Å². The number of rotatable bonds is 3. The van der Waals surface area contributed by atoms with Crippen molar-refractivity contribution in [3.63, 3.8) is 0 Å². The predicted molar refractivity (Wildman–Crippen MR) is 57.6 cm³/mol. The van der Waals surface area contributed by atoms with Gasteiger partial charge in [-0.3, -0.25) is 4.79 Å². The van der Waals surface area contributed by atoms with E-state index in [1.807, 2.05) is 0 Å². The molecule has 0 heterocycles. The van der Waals surface area contributed by atoms with Gasteiger partial charge in [-0.05, 0) is 36.3 Å². The first-order chi connectivity index (χ1) is 6.50. The third-order valence-electron chi connectivity index (χ3n) is 1.83. The van der Waals surface area contributed by atoms with Gasteiger partial charge in [0.1, 0.15) is 5.82 Å². The Morgan fingerprint density at radius 1 is 1.57 bits per heavy atom. The van der Waals surface area contributed by atoms with Gasteiger partial charge in [-0.15, -0.1) is 0 Å². The van der Waals surface area contributed by atoms with Gasteiger partial charge in [-0.2, -0.15) is 0 Å². The van der Waals surface area contributed by atoms with Crippen molar-refractivity contribution in [3.05, 3.63) is 46.2 Å². The largest absolute Gasteiger partial charge is 0.294 e. The zero-order chi connectivity index (χ0) is 10.7. The van der Waals surface area contributed by atoms with Crippen LogP contribution in [0.5, 0.6) is 0 Å². The lowest BCUT2D eigenvalue weighted by Crippen LogP contribution is -2.04. The fourth-order valence-corrected chi connectivity index (χ4v) is 1.41. The minimum absolute atomic E-state index is 0.0700. The van der Waals surface area contributed by atoms with Crippen LogP contribution in [-0.2, 0) is 11.2 Å². The molecule has 74 valence electrons. The highest BCUT2D eigenvalue weighted by Gasteiger charge is 2.08. The number of ketones is 1. The Labute approximate surface area is 90.8 Å². The summed E-state index contributed by atoms with van der Waals surface area (Å²) >= 11 is 3.22. The minimum Gasteiger partial charge on any atom is -0.294 e. The van der Waals surface area contributed by atoms with E-state index in [9.17, 15) is 9.18 Å². The summed E-state index contributed by atoms with van der Waals surface area (Å²) < 4.78 is 14.0. The molecule has 0 aliphatic rings. The fourth-order valence-electron chi connectivity index (χ4n) is 1.00. The van der Waals surface area contributed by atoms with Crippen LogP contribution >= 0.6 is 15.9 Å². The average molecular weight is 257 g/mol. The van der Waals surface area contributed by atoms with Crippen LogP contribution in [-0.4, -0.2) is 5.78 Å². The van der Waals surface area contributed by atoms with Gasteiger partial charge in [0.2, 0.25) is 0 Å². The normalized spacial score (nSPS) is 9.93. The third kappa shape index (κ3) is 2.77. The van der Waals surface area contributed by atoms with Gasteiger partial charge >= 0.3 is 0 Å². The molecule has 1 aromatic carbocycles. The molecule has 0 saturated carbocycles. The van der Waals surface area contributed by atoms with E-state index >= 15 is 0 Å². The molecule has 0 saturated heterocycles. The first kappa shape index (κ1) is 11.1. The summed E-state index contributed by atoms with van der Waals surface area (Å²) in [5.41, 5.74) is 0.844. The van der Waals surface area contributed by atoms with E-state index in [0.29, 0.717) is 11.1 Å². The number of hydrogen-bond donors (Lipinski definition) is 0. The van der Waals surface area contributed by atoms with E-state index in [-0.39, 0.29) is 18.0 Å². The molecule has 0 radical (unpaired) electrons. The highest BCUT2D eigenvalue weighted by Crippen LogP contribution is 2.16. The molecule has 1 nitrogen and oxygen atoms in total. The van der Waals surface area contributed by atoms with Crippen molar-refractivity contribution in [2.24, 2.45) is 0 Å². The quantitative estimate of drug-likeness (QED) is 0.759. The molecule has 0 N–H and O–H groups in total. The molecule has 0 aliphatic heterocycles. The molecule has 0 atom stereocenters. The molecular weight excluding hydrogens is 247 g/mol. The molecule has 0 spiro atoms. The summed E-state index contributed by atoms with van der Waals surface area (Å²) in [6, 6.07) is 4.55. The SMILES string of the molecule is C=C(C)C(=O)Cc1cc(Br)ccc1F. The Kier molecular flexibility index (Phi) is 3.58. The predicted octanol–water partition coefficient (Wildman–Crippen LogP) is 3.28. The first-order valence-corrected chi connectivity index (χ1v) is 4.92. The second kappa shape index (κ2) is 4.51. The van der Waals surface area contributed by atoms with Crippen molar-refractivity contribution in [2.45, 2.75) is 13.3 Å². The van der Waals surface area contributed by atoms with E-state index in [1.54, 1.807) is 19.1 Å². The highest BCUT2D eigenvalue weighted by atomic mass is 79.9. The lowest BCUT2D eigenvalue weighted by atomic mass is 10.1. The number of allylic oxidation sites excluding steroid dienone is 1. The van der Waals surface area contributed by atoms with E-state index < -0.39 is 0 Å². The number of hydrogen-bond acceptors (Lipinski definition) is 1. The molecule has 0 unspecified atom stereocenters. The summed E-state index contributed by atoms with van der Waals surface area (Å²) in [6.07, 6.45) is 0.0700. The molecule has 0 fully saturated rings. The Hall–Kier alpha value is -0.960. The maximum Gasteiger partial charge on any atom is 0.162 e. The van der Waals surface area contributed by atoms with Gasteiger partial charge in [0.25, 0.3) is 0 Å². The van der Waals surface area contributed by atoms with Gasteiger partial charge < -0.3 is 0 Å². The standard InChI is InChI=1S/C11H10BrFO/c1-7(2)11(14)6-8-5-9(12)3-4-10(8)13/h3-5H,1,6H2,2H3. The van der Waals surface area contributed by atoms with Gasteiger partial charge in [0.15, 0.2) is 5.78 Å². The molecule has 0 aromatic heterocycles. The Morgan fingerprint density at radius 3 is 2.79 bits per heavy atom. The van der Waals surface area contributed by atoms with E-state index in [0.717, 1.165) is 4.47 Å². The topological polar surface area (TPSA) is 17.1 Å². The number of carbonyl (C=O) groups excluding carboxylic acids is 1.